The fourth-order valence-electron chi connectivity index (χ4n) is 16.0. The van der Waals surface area contributed by atoms with E-state index in [-0.39, 0.29) is 0 Å². The van der Waals surface area contributed by atoms with Crippen LogP contribution in [0.3, 0.4) is 0 Å². The van der Waals surface area contributed by atoms with Crippen LogP contribution in [0.5, 0.6) is 0 Å². The lowest BCUT2D eigenvalue weighted by atomic mass is 9.95. The minimum Gasteiger partial charge on any atom is -0.306 e. The fourth-order valence-corrected chi connectivity index (χ4v) is 16.0. The normalized spacial score (nSPS) is 12.2. The van der Waals surface area contributed by atoms with E-state index in [9.17, 15) is 0 Å². The van der Waals surface area contributed by atoms with Crippen LogP contribution in [0.2, 0.25) is 0 Å². The topological polar surface area (TPSA) is 55.4 Å². The zero-order valence-corrected chi connectivity index (χ0v) is 54.8. The molecule has 8 heteroatoms. The van der Waals surface area contributed by atoms with Crippen molar-refractivity contribution in [2.75, 3.05) is 0 Å². The molecule has 13 aromatic carbocycles. The number of hydrogen-bond acceptors (Lipinski definition) is 2. The SMILES string of the molecule is Cc1ccc2c(c1)c1cc(C)ccc1n2-c1c(-c2nc3ccccc3n2-c2ccccc2)c(-n2c3ccc(C)cc3c3cc(C)ccc32)c(-n2c3ccc(C)cc3c3cc(C)ccc32)c(-c2nc3ccccc3n2-c2ccccc2)c1-n1c2ccc(C)cc2c2cc(C)ccc21. The van der Waals surface area contributed by atoms with Gasteiger partial charge >= 0.3 is 0 Å². The summed E-state index contributed by atoms with van der Waals surface area (Å²) in [6.07, 6.45) is 0. The molecule has 96 heavy (non-hydrogen) atoms. The third-order valence-corrected chi connectivity index (χ3v) is 20.2. The van der Waals surface area contributed by atoms with Gasteiger partial charge in [-0.1, -0.05) is 154 Å². The highest BCUT2D eigenvalue weighted by Gasteiger charge is 2.39. The maximum Gasteiger partial charge on any atom is 0.150 e. The molecular weight excluding hydrogens is 1170 g/mol. The highest BCUT2D eigenvalue weighted by molar-refractivity contribution is 6.19. The number of hydrogen-bond donors (Lipinski definition) is 0. The van der Waals surface area contributed by atoms with Gasteiger partial charge in [-0.3, -0.25) is 9.13 Å². The lowest BCUT2D eigenvalue weighted by Gasteiger charge is -2.31. The summed E-state index contributed by atoms with van der Waals surface area (Å²) < 4.78 is 15.4. The van der Waals surface area contributed by atoms with Gasteiger partial charge in [-0.2, -0.15) is 0 Å². The molecule has 0 fully saturated rings. The molecule has 0 radical (unpaired) electrons. The molecule has 0 bridgehead atoms. The first-order valence-electron chi connectivity index (χ1n) is 33.3. The summed E-state index contributed by atoms with van der Waals surface area (Å²) in [7, 11) is 0. The lowest BCUT2D eigenvalue weighted by Crippen LogP contribution is -2.18. The molecule has 19 aromatic rings. The van der Waals surface area contributed by atoms with E-state index in [1.807, 2.05) is 0 Å². The summed E-state index contributed by atoms with van der Waals surface area (Å²) in [5.74, 6) is 1.56. The molecule has 8 nitrogen and oxygen atoms in total. The second kappa shape index (κ2) is 20.7. The van der Waals surface area contributed by atoms with Crippen molar-refractivity contribution >= 4 is 109 Å². The molecule has 0 amide bonds. The van der Waals surface area contributed by atoms with E-state index in [0.29, 0.717) is 0 Å². The third kappa shape index (κ3) is 8.08. The van der Waals surface area contributed by atoms with Gasteiger partial charge in [0.05, 0.1) is 100 Å². The average Bonchev–Trinajstić information content (AvgIpc) is 1.45. The molecule has 0 saturated carbocycles. The molecule has 0 aliphatic rings. The highest BCUT2D eigenvalue weighted by atomic mass is 15.2. The molecule has 0 atom stereocenters. The van der Waals surface area contributed by atoms with E-state index in [4.69, 9.17) is 9.97 Å². The number of imidazole rings is 2. The molecule has 0 aliphatic carbocycles. The molecule has 458 valence electrons. The van der Waals surface area contributed by atoms with Crippen molar-refractivity contribution < 1.29 is 0 Å². The van der Waals surface area contributed by atoms with Crippen LogP contribution in [0.4, 0.5) is 0 Å². The summed E-state index contributed by atoms with van der Waals surface area (Å²) in [6.45, 7) is 17.8. The van der Waals surface area contributed by atoms with Crippen LogP contribution in [-0.2, 0) is 0 Å². The number of rotatable bonds is 8. The molecule has 6 heterocycles. The Bertz CT molecular complexity index is 5620. The zero-order valence-electron chi connectivity index (χ0n) is 54.8. The highest BCUT2D eigenvalue weighted by Crippen LogP contribution is 2.56. The van der Waals surface area contributed by atoms with Crippen molar-refractivity contribution in [3.63, 3.8) is 0 Å². The Morgan fingerprint density at radius 3 is 0.635 bits per heavy atom. The number of aryl methyl sites for hydroxylation is 8. The molecule has 0 N–H and O–H groups in total. The van der Waals surface area contributed by atoms with Crippen LogP contribution < -0.4 is 0 Å². The van der Waals surface area contributed by atoms with Gasteiger partial charge in [0.1, 0.15) is 11.6 Å². The van der Waals surface area contributed by atoms with Crippen LogP contribution in [0.1, 0.15) is 44.5 Å². The van der Waals surface area contributed by atoms with E-state index < -0.39 is 0 Å². The van der Waals surface area contributed by atoms with E-state index in [1.165, 1.54) is 44.5 Å². The van der Waals surface area contributed by atoms with Crippen molar-refractivity contribution in [3.05, 3.63) is 299 Å². The molecule has 0 aliphatic heterocycles. The average molecular weight is 1240 g/mol. The number of fused-ring (bicyclic) bond motifs is 14. The molecule has 0 unspecified atom stereocenters. The predicted octanol–water partition coefficient (Wildman–Crippen LogP) is 22.6. The van der Waals surface area contributed by atoms with Crippen molar-refractivity contribution in [1.82, 2.24) is 37.4 Å². The van der Waals surface area contributed by atoms with E-state index in [1.54, 1.807) is 0 Å². The first-order chi connectivity index (χ1) is 46.9. The predicted molar refractivity (Wildman–Crippen MR) is 402 cm³/mol. The fraction of sp³-hybridized carbons (Fsp3) is 0.0909. The van der Waals surface area contributed by atoms with Crippen LogP contribution in [0.25, 0.3) is 166 Å². The summed E-state index contributed by atoms with van der Waals surface area (Å²) in [6, 6.07) is 95.6. The molecular formula is C88H66N8. The maximum absolute atomic E-state index is 6.22. The van der Waals surface area contributed by atoms with Crippen molar-refractivity contribution in [2.45, 2.75) is 55.4 Å². The van der Waals surface area contributed by atoms with Gasteiger partial charge in [0.15, 0.2) is 0 Å². The summed E-state index contributed by atoms with van der Waals surface area (Å²) in [5, 5.41) is 9.30. The Kier molecular flexibility index (Phi) is 12.0. The summed E-state index contributed by atoms with van der Waals surface area (Å²) in [4.78, 5) is 12.4. The third-order valence-electron chi connectivity index (χ3n) is 20.2. The molecule has 0 spiro atoms. The quantitative estimate of drug-likeness (QED) is 0.152. The van der Waals surface area contributed by atoms with Gasteiger partial charge in [-0.05, 0) is 201 Å². The van der Waals surface area contributed by atoms with Crippen molar-refractivity contribution in [1.29, 1.82) is 0 Å². The Morgan fingerprint density at radius 2 is 0.406 bits per heavy atom. The number of nitrogens with zero attached hydrogens (tertiary/aromatic N) is 8. The molecule has 0 saturated heterocycles. The van der Waals surface area contributed by atoms with Gasteiger partial charge in [0, 0.05) is 54.5 Å². The number of benzene rings is 13. The van der Waals surface area contributed by atoms with Crippen LogP contribution in [0.15, 0.2) is 255 Å². The van der Waals surface area contributed by atoms with E-state index in [2.05, 4.69) is 338 Å². The minimum atomic E-state index is 0.779. The van der Waals surface area contributed by atoms with E-state index >= 15 is 0 Å². The van der Waals surface area contributed by atoms with Crippen molar-refractivity contribution in [3.8, 4) is 56.9 Å². The summed E-state index contributed by atoms with van der Waals surface area (Å²) in [5.41, 5.74) is 29.3. The number of para-hydroxylation sites is 6. The largest absolute Gasteiger partial charge is 0.306 e. The lowest BCUT2D eigenvalue weighted by molar-refractivity contribution is 1.01. The van der Waals surface area contributed by atoms with Gasteiger partial charge in [0.25, 0.3) is 0 Å². The first-order valence-corrected chi connectivity index (χ1v) is 33.3. The second-order valence-corrected chi connectivity index (χ2v) is 26.8. The Labute approximate surface area is 555 Å². The first kappa shape index (κ1) is 55.6. The number of aromatic nitrogens is 8. The van der Waals surface area contributed by atoms with Crippen LogP contribution >= 0.6 is 0 Å². The van der Waals surface area contributed by atoms with E-state index in [0.717, 1.165) is 166 Å². The zero-order chi connectivity index (χ0) is 64.5. The maximum atomic E-state index is 6.22. The monoisotopic (exact) mass is 1230 g/mol. The van der Waals surface area contributed by atoms with Crippen LogP contribution in [-0.4, -0.2) is 37.4 Å². The Hall–Kier alpha value is -12.0. The second-order valence-electron chi connectivity index (χ2n) is 26.8. The minimum absolute atomic E-state index is 0.779. The smallest absolute Gasteiger partial charge is 0.150 e. The van der Waals surface area contributed by atoms with Gasteiger partial charge in [-0.15, -0.1) is 0 Å². The Morgan fingerprint density at radius 1 is 0.198 bits per heavy atom. The molecule has 6 aromatic heterocycles. The van der Waals surface area contributed by atoms with Gasteiger partial charge < -0.3 is 18.3 Å². The van der Waals surface area contributed by atoms with Crippen LogP contribution in [0, 0.1) is 55.4 Å². The van der Waals surface area contributed by atoms with Crippen molar-refractivity contribution in [2.24, 2.45) is 0 Å². The Balaban J connectivity index is 1.24. The standard InChI is InChI=1S/C88H66N8/c1-51-27-35-71-61(43-51)62-44-52(2)28-36-72(62)93(71)83-81(87-89-69-23-15-17-25-79(69)91(87)59-19-11-9-12-20-59)85(95-75-39-31-55(5)47-65(75)66-48-56(6)32-40-76(66)95)86(96-77-41-33-57(7)49-67(77)68-50-58(8)34-42-78(68)96)82(88-90-70-24-16-18-26-80(70)92(88)60-21-13-10-14-22-60)84(83)94-73-37-29-53(3)45-63(73)64-46-54(4)30-38-74(64)94/h9-50H,1-8H3. The molecule has 19 rings (SSSR count). The van der Waals surface area contributed by atoms with Gasteiger partial charge in [-0.25, -0.2) is 9.97 Å². The summed E-state index contributed by atoms with van der Waals surface area (Å²) >= 11 is 0. The van der Waals surface area contributed by atoms with Gasteiger partial charge in [0.2, 0.25) is 0 Å².